The molecule has 2 aromatic carbocycles. The van der Waals surface area contributed by atoms with Gasteiger partial charge >= 0.3 is 5.97 Å². The fourth-order valence-electron chi connectivity index (χ4n) is 2.96. The SMILES string of the molecule is O=C(O)c1cc(O)ccc1NC(O)CCCN1C(=O)/C(=C/c2ccccc2F)SC1=S. The van der Waals surface area contributed by atoms with Crippen LogP contribution >= 0.6 is 24.0 Å². The number of hydrogen-bond acceptors (Lipinski definition) is 7. The van der Waals surface area contributed by atoms with E-state index >= 15 is 0 Å². The lowest BCUT2D eigenvalue weighted by Crippen LogP contribution is -2.30. The number of rotatable bonds is 8. The number of phenolic OH excluding ortho intramolecular Hbond substituents is 1. The molecule has 0 spiro atoms. The minimum atomic E-state index is -1.25. The van der Waals surface area contributed by atoms with Gasteiger partial charge in [-0.05, 0) is 43.2 Å². The molecule has 7 nitrogen and oxygen atoms in total. The number of thiocarbonyl (C=S) groups is 1. The van der Waals surface area contributed by atoms with Crippen LogP contribution in [0.2, 0.25) is 0 Å². The second-order valence-corrected chi connectivity index (χ2v) is 8.37. The van der Waals surface area contributed by atoms with Crippen LogP contribution in [0.3, 0.4) is 0 Å². The number of aromatic hydroxyl groups is 1. The summed E-state index contributed by atoms with van der Waals surface area (Å²) in [4.78, 5) is 25.6. The predicted octanol–water partition coefficient (Wildman–Crippen LogP) is 3.64. The molecule has 1 fully saturated rings. The number of benzene rings is 2. The van der Waals surface area contributed by atoms with E-state index in [1.807, 2.05) is 0 Å². The number of aromatic carboxylic acids is 1. The van der Waals surface area contributed by atoms with E-state index in [0.29, 0.717) is 21.2 Å². The van der Waals surface area contributed by atoms with Crippen molar-refractivity contribution < 1.29 is 29.3 Å². The second kappa shape index (κ2) is 9.90. The number of carboxylic acid groups (broad SMARTS) is 1. The summed E-state index contributed by atoms with van der Waals surface area (Å²) in [5, 5.41) is 31.5. The Morgan fingerprint density at radius 3 is 2.74 bits per heavy atom. The standard InChI is InChI=1S/C21H19FN2O5S2/c22-15-5-2-1-4-12(15)10-17-19(27)24(21(30)31-17)9-3-6-18(26)23-16-8-7-13(25)11-14(16)20(28)29/h1-2,4-5,7-8,10-11,18,23,25-26H,3,6,9H2,(H,28,29)/b17-10-. The molecule has 1 saturated heterocycles. The molecule has 2 aromatic rings. The zero-order chi connectivity index (χ0) is 22.5. The molecule has 0 bridgehead atoms. The van der Waals surface area contributed by atoms with Gasteiger partial charge in [0.15, 0.2) is 0 Å². The number of halogens is 1. The van der Waals surface area contributed by atoms with Crippen LogP contribution in [0, 0.1) is 5.82 Å². The van der Waals surface area contributed by atoms with E-state index in [9.17, 15) is 29.3 Å². The van der Waals surface area contributed by atoms with Crippen LogP contribution in [0.15, 0.2) is 47.4 Å². The van der Waals surface area contributed by atoms with Gasteiger partial charge in [-0.25, -0.2) is 9.18 Å². The monoisotopic (exact) mass is 462 g/mol. The summed E-state index contributed by atoms with van der Waals surface area (Å²) in [6.07, 6.45) is 0.982. The first-order chi connectivity index (χ1) is 14.8. The third-order valence-corrected chi connectivity index (χ3v) is 5.86. The number of hydrogen-bond donors (Lipinski definition) is 4. The number of amides is 1. The Balaban J connectivity index is 1.57. The Bertz CT molecular complexity index is 1060. The molecule has 0 aliphatic carbocycles. The largest absolute Gasteiger partial charge is 0.508 e. The molecule has 4 N–H and O–H groups in total. The van der Waals surface area contributed by atoms with Gasteiger partial charge < -0.3 is 20.6 Å². The highest BCUT2D eigenvalue weighted by Gasteiger charge is 2.31. The number of carbonyl (C=O) groups is 2. The molecular weight excluding hydrogens is 443 g/mol. The van der Waals surface area contributed by atoms with Gasteiger partial charge in [0, 0.05) is 12.1 Å². The van der Waals surface area contributed by atoms with E-state index in [0.717, 1.165) is 17.8 Å². The Hall–Kier alpha value is -2.95. The summed E-state index contributed by atoms with van der Waals surface area (Å²) < 4.78 is 14.2. The summed E-state index contributed by atoms with van der Waals surface area (Å²) in [5.41, 5.74) is 0.288. The molecule has 10 heteroatoms. The fourth-order valence-corrected chi connectivity index (χ4v) is 4.26. The highest BCUT2D eigenvalue weighted by atomic mass is 32.2. The smallest absolute Gasteiger partial charge is 0.337 e. The Labute approximate surface area is 187 Å². The van der Waals surface area contributed by atoms with E-state index in [1.165, 1.54) is 29.2 Å². The Morgan fingerprint density at radius 2 is 2.03 bits per heavy atom. The lowest BCUT2D eigenvalue weighted by Gasteiger charge is -2.18. The number of carboxylic acids is 1. The van der Waals surface area contributed by atoms with Crippen molar-refractivity contribution in [1.82, 2.24) is 4.90 Å². The molecule has 1 heterocycles. The van der Waals surface area contributed by atoms with E-state index in [-0.39, 0.29) is 35.9 Å². The van der Waals surface area contributed by atoms with Crippen molar-refractivity contribution in [3.63, 3.8) is 0 Å². The summed E-state index contributed by atoms with van der Waals surface area (Å²) in [6, 6.07) is 9.87. The minimum Gasteiger partial charge on any atom is -0.508 e. The van der Waals surface area contributed by atoms with E-state index < -0.39 is 18.0 Å². The van der Waals surface area contributed by atoms with Gasteiger partial charge in [0.25, 0.3) is 5.91 Å². The van der Waals surface area contributed by atoms with Crippen molar-refractivity contribution in [3.8, 4) is 5.75 Å². The van der Waals surface area contributed by atoms with Crippen LogP contribution in [0.4, 0.5) is 10.1 Å². The van der Waals surface area contributed by atoms with Gasteiger partial charge in [0.05, 0.1) is 16.2 Å². The van der Waals surface area contributed by atoms with Gasteiger partial charge in [0.1, 0.15) is 22.1 Å². The lowest BCUT2D eigenvalue weighted by molar-refractivity contribution is -0.122. The topological polar surface area (TPSA) is 110 Å². The zero-order valence-corrected chi connectivity index (χ0v) is 17.8. The van der Waals surface area contributed by atoms with E-state index in [2.05, 4.69) is 5.32 Å². The Morgan fingerprint density at radius 1 is 1.29 bits per heavy atom. The molecule has 1 aliphatic heterocycles. The van der Waals surface area contributed by atoms with Crippen LogP contribution in [0.5, 0.6) is 5.75 Å². The normalized spacial score (nSPS) is 16.1. The molecule has 1 atom stereocenters. The number of phenols is 1. The van der Waals surface area contributed by atoms with Crippen LogP contribution < -0.4 is 5.32 Å². The molecule has 162 valence electrons. The number of nitrogens with one attached hydrogen (secondary N) is 1. The van der Waals surface area contributed by atoms with Crippen molar-refractivity contribution in [1.29, 1.82) is 0 Å². The summed E-state index contributed by atoms with van der Waals surface area (Å²) in [6.45, 7) is 0.249. The summed E-state index contributed by atoms with van der Waals surface area (Å²) in [7, 11) is 0. The molecular formula is C21H19FN2O5S2. The number of thioether (sulfide) groups is 1. The molecule has 1 unspecified atom stereocenters. The minimum absolute atomic E-state index is 0.163. The van der Waals surface area contributed by atoms with Gasteiger partial charge in [-0.2, -0.15) is 0 Å². The van der Waals surface area contributed by atoms with Crippen LogP contribution in [0.1, 0.15) is 28.8 Å². The first-order valence-electron chi connectivity index (χ1n) is 9.27. The van der Waals surface area contributed by atoms with Gasteiger partial charge in [-0.15, -0.1) is 0 Å². The summed E-state index contributed by atoms with van der Waals surface area (Å²) >= 11 is 6.34. The fraction of sp³-hybridized carbons (Fsp3) is 0.190. The number of nitrogens with zero attached hydrogens (tertiary/aromatic N) is 1. The van der Waals surface area contributed by atoms with E-state index in [4.69, 9.17) is 12.2 Å². The van der Waals surface area contributed by atoms with Crippen LogP contribution in [-0.2, 0) is 4.79 Å². The first-order valence-corrected chi connectivity index (χ1v) is 10.5. The van der Waals surface area contributed by atoms with E-state index in [1.54, 1.807) is 18.2 Å². The molecule has 31 heavy (non-hydrogen) atoms. The third-order valence-electron chi connectivity index (χ3n) is 4.48. The summed E-state index contributed by atoms with van der Waals surface area (Å²) in [5.74, 6) is -2.20. The highest BCUT2D eigenvalue weighted by Crippen LogP contribution is 2.33. The maximum atomic E-state index is 13.8. The van der Waals surface area contributed by atoms with Gasteiger partial charge in [0.2, 0.25) is 0 Å². The van der Waals surface area contributed by atoms with Crippen LogP contribution in [0.25, 0.3) is 6.08 Å². The molecule has 0 radical (unpaired) electrons. The number of anilines is 1. The second-order valence-electron chi connectivity index (χ2n) is 6.69. The van der Waals surface area contributed by atoms with Crippen molar-refractivity contribution in [2.45, 2.75) is 19.1 Å². The lowest BCUT2D eigenvalue weighted by atomic mass is 10.1. The quantitative estimate of drug-likeness (QED) is 0.204. The average Bonchev–Trinajstić information content (AvgIpc) is 2.98. The van der Waals surface area contributed by atoms with Crippen LogP contribution in [-0.4, -0.2) is 49.2 Å². The number of carbonyl (C=O) groups excluding carboxylic acids is 1. The zero-order valence-electron chi connectivity index (χ0n) is 16.1. The molecule has 1 aliphatic rings. The molecule has 1 amide bonds. The maximum Gasteiger partial charge on any atom is 0.337 e. The van der Waals surface area contributed by atoms with Crippen molar-refractivity contribution in [2.24, 2.45) is 0 Å². The van der Waals surface area contributed by atoms with Gasteiger partial charge in [-0.1, -0.05) is 42.2 Å². The van der Waals surface area contributed by atoms with Gasteiger partial charge in [-0.3, -0.25) is 9.69 Å². The Kier molecular flexibility index (Phi) is 7.26. The number of aliphatic hydroxyl groups excluding tert-OH is 1. The predicted molar refractivity (Wildman–Crippen MR) is 120 cm³/mol. The molecule has 3 rings (SSSR count). The van der Waals surface area contributed by atoms with Crippen molar-refractivity contribution >= 4 is 51.9 Å². The van der Waals surface area contributed by atoms with Crippen molar-refractivity contribution in [3.05, 3.63) is 64.3 Å². The van der Waals surface area contributed by atoms with Crippen molar-refractivity contribution in [2.75, 3.05) is 11.9 Å². The molecule has 0 saturated carbocycles. The maximum absolute atomic E-state index is 13.8. The third kappa shape index (κ3) is 5.60. The number of aliphatic hydroxyl groups is 1. The first kappa shape index (κ1) is 22.7. The highest BCUT2D eigenvalue weighted by molar-refractivity contribution is 8.26. The average molecular weight is 463 g/mol. The molecule has 0 aromatic heterocycles.